The number of carbonyl (C=O) groups is 1. The van der Waals surface area contributed by atoms with E-state index in [4.69, 9.17) is 10.5 Å². The molecule has 1 aliphatic carbocycles. The van der Waals surface area contributed by atoms with E-state index in [1.165, 1.54) is 6.42 Å². The van der Waals surface area contributed by atoms with E-state index in [9.17, 15) is 4.79 Å². The van der Waals surface area contributed by atoms with Gasteiger partial charge < -0.3 is 10.5 Å². The molecule has 3 nitrogen and oxygen atoms in total. The van der Waals surface area contributed by atoms with Crippen LogP contribution >= 0.6 is 0 Å². The van der Waals surface area contributed by atoms with E-state index < -0.39 is 6.04 Å². The highest BCUT2D eigenvalue weighted by atomic mass is 16.5. The van der Waals surface area contributed by atoms with Gasteiger partial charge in [-0.3, -0.25) is 4.79 Å². The van der Waals surface area contributed by atoms with Crippen molar-refractivity contribution in [3.63, 3.8) is 0 Å². The zero-order chi connectivity index (χ0) is 7.56. The number of hydrogen-bond acceptors (Lipinski definition) is 3. The van der Waals surface area contributed by atoms with Gasteiger partial charge in [0.1, 0.15) is 12.1 Å². The molecule has 0 aromatic heterocycles. The standard InChI is InChI=1S/C7H13NO2/c1-5(8)7(9)10-6-3-2-4-6/h5-6H,2-4,8H2,1H3/t5-/m0/s1. The van der Waals surface area contributed by atoms with Crippen molar-refractivity contribution >= 4 is 5.97 Å². The molecule has 2 N–H and O–H groups in total. The second-order valence-electron chi connectivity index (χ2n) is 2.78. The molecule has 1 rings (SSSR count). The van der Waals surface area contributed by atoms with Crippen LogP contribution in [0.5, 0.6) is 0 Å². The van der Waals surface area contributed by atoms with E-state index in [1.54, 1.807) is 6.92 Å². The summed E-state index contributed by atoms with van der Waals surface area (Å²) in [6, 6.07) is -0.472. The van der Waals surface area contributed by atoms with E-state index in [0.717, 1.165) is 12.8 Å². The predicted molar refractivity (Wildman–Crippen MR) is 37.4 cm³/mol. The van der Waals surface area contributed by atoms with Gasteiger partial charge in [-0.05, 0) is 26.2 Å². The lowest BCUT2D eigenvalue weighted by atomic mass is 9.96. The van der Waals surface area contributed by atoms with Crippen LogP contribution < -0.4 is 5.73 Å². The Morgan fingerprint density at radius 3 is 2.60 bits per heavy atom. The van der Waals surface area contributed by atoms with Gasteiger partial charge in [-0.25, -0.2) is 0 Å². The molecule has 0 aliphatic heterocycles. The zero-order valence-electron chi connectivity index (χ0n) is 6.17. The summed E-state index contributed by atoms with van der Waals surface area (Å²) in [5, 5.41) is 0. The lowest BCUT2D eigenvalue weighted by Gasteiger charge is -2.25. The van der Waals surface area contributed by atoms with Crippen LogP contribution in [0.25, 0.3) is 0 Å². The molecule has 10 heavy (non-hydrogen) atoms. The molecular formula is C7H13NO2. The monoisotopic (exact) mass is 143 g/mol. The predicted octanol–water partition coefficient (Wildman–Crippen LogP) is 0.429. The fourth-order valence-corrected chi connectivity index (χ4v) is 0.760. The smallest absolute Gasteiger partial charge is 0.322 e. The summed E-state index contributed by atoms with van der Waals surface area (Å²) < 4.78 is 4.98. The third-order valence-electron chi connectivity index (χ3n) is 1.71. The summed E-state index contributed by atoms with van der Waals surface area (Å²) in [6.07, 6.45) is 3.37. The number of esters is 1. The lowest BCUT2D eigenvalue weighted by molar-refractivity contribution is -0.154. The Balaban J connectivity index is 2.17. The van der Waals surface area contributed by atoms with Gasteiger partial charge in [0.15, 0.2) is 0 Å². The minimum atomic E-state index is -0.472. The van der Waals surface area contributed by atoms with Crippen molar-refractivity contribution in [1.29, 1.82) is 0 Å². The Morgan fingerprint density at radius 1 is 1.70 bits per heavy atom. The van der Waals surface area contributed by atoms with Gasteiger partial charge >= 0.3 is 5.97 Å². The first-order valence-electron chi connectivity index (χ1n) is 3.66. The topological polar surface area (TPSA) is 52.3 Å². The molecule has 0 bridgehead atoms. The van der Waals surface area contributed by atoms with Gasteiger partial charge in [-0.15, -0.1) is 0 Å². The van der Waals surface area contributed by atoms with E-state index >= 15 is 0 Å². The van der Waals surface area contributed by atoms with Gasteiger partial charge in [0.25, 0.3) is 0 Å². The Hall–Kier alpha value is -0.570. The maximum absolute atomic E-state index is 10.8. The first-order chi connectivity index (χ1) is 4.70. The zero-order valence-corrected chi connectivity index (χ0v) is 6.17. The van der Waals surface area contributed by atoms with Gasteiger partial charge in [0.05, 0.1) is 0 Å². The summed E-state index contributed by atoms with van der Waals surface area (Å²) in [7, 11) is 0. The first-order valence-corrected chi connectivity index (χ1v) is 3.66. The van der Waals surface area contributed by atoms with Crippen LogP contribution in [0, 0.1) is 0 Å². The molecule has 3 heteroatoms. The van der Waals surface area contributed by atoms with Crippen molar-refractivity contribution in [2.24, 2.45) is 5.73 Å². The highest BCUT2D eigenvalue weighted by Gasteiger charge is 2.22. The molecule has 0 spiro atoms. The van der Waals surface area contributed by atoms with Crippen LogP contribution in [0.3, 0.4) is 0 Å². The second kappa shape index (κ2) is 3.01. The molecule has 0 aromatic carbocycles. The van der Waals surface area contributed by atoms with Gasteiger partial charge in [-0.1, -0.05) is 0 Å². The molecule has 0 heterocycles. The summed E-state index contributed by atoms with van der Waals surface area (Å²) in [5.41, 5.74) is 5.29. The molecule has 0 unspecified atom stereocenters. The molecule has 0 amide bonds. The van der Waals surface area contributed by atoms with Crippen LogP contribution in [-0.4, -0.2) is 18.1 Å². The molecule has 0 aromatic rings. The fourth-order valence-electron chi connectivity index (χ4n) is 0.760. The Kier molecular flexibility index (Phi) is 2.27. The maximum Gasteiger partial charge on any atom is 0.322 e. The molecule has 1 fully saturated rings. The van der Waals surface area contributed by atoms with Crippen LogP contribution in [0.1, 0.15) is 26.2 Å². The SMILES string of the molecule is C[C@H](N)C(=O)OC1CCC1. The van der Waals surface area contributed by atoms with Crippen molar-refractivity contribution in [3.05, 3.63) is 0 Å². The number of rotatable bonds is 2. The van der Waals surface area contributed by atoms with E-state index in [-0.39, 0.29) is 12.1 Å². The van der Waals surface area contributed by atoms with Crippen molar-refractivity contribution in [1.82, 2.24) is 0 Å². The first kappa shape index (κ1) is 7.54. The van der Waals surface area contributed by atoms with Crippen molar-refractivity contribution in [3.8, 4) is 0 Å². The summed E-state index contributed by atoms with van der Waals surface area (Å²) >= 11 is 0. The quantitative estimate of drug-likeness (QED) is 0.570. The van der Waals surface area contributed by atoms with Crippen LogP contribution in [-0.2, 0) is 9.53 Å². The number of nitrogens with two attached hydrogens (primary N) is 1. The average Bonchev–Trinajstić information content (AvgIpc) is 1.77. The molecule has 0 radical (unpaired) electrons. The summed E-state index contributed by atoms with van der Waals surface area (Å²) in [4.78, 5) is 10.8. The highest BCUT2D eigenvalue weighted by molar-refractivity contribution is 5.75. The van der Waals surface area contributed by atoms with Gasteiger partial charge in [-0.2, -0.15) is 0 Å². The molecule has 1 aliphatic rings. The largest absolute Gasteiger partial charge is 0.461 e. The van der Waals surface area contributed by atoms with Crippen LogP contribution in [0.2, 0.25) is 0 Å². The van der Waals surface area contributed by atoms with Gasteiger partial charge in [0.2, 0.25) is 0 Å². The average molecular weight is 143 g/mol. The van der Waals surface area contributed by atoms with Gasteiger partial charge in [0, 0.05) is 0 Å². The van der Waals surface area contributed by atoms with Crippen molar-refractivity contribution in [2.75, 3.05) is 0 Å². The van der Waals surface area contributed by atoms with Crippen LogP contribution in [0.4, 0.5) is 0 Å². The molecule has 58 valence electrons. The second-order valence-corrected chi connectivity index (χ2v) is 2.78. The van der Waals surface area contributed by atoms with E-state index in [1.807, 2.05) is 0 Å². The van der Waals surface area contributed by atoms with Crippen LogP contribution in [0.15, 0.2) is 0 Å². The minimum Gasteiger partial charge on any atom is -0.461 e. The lowest BCUT2D eigenvalue weighted by Crippen LogP contribution is -2.34. The fraction of sp³-hybridized carbons (Fsp3) is 0.857. The minimum absolute atomic E-state index is 0.165. The third-order valence-corrected chi connectivity index (χ3v) is 1.71. The number of carbonyl (C=O) groups excluding carboxylic acids is 1. The summed E-state index contributed by atoms with van der Waals surface area (Å²) in [6.45, 7) is 1.64. The summed E-state index contributed by atoms with van der Waals surface area (Å²) in [5.74, 6) is -0.273. The Morgan fingerprint density at radius 2 is 2.30 bits per heavy atom. The van der Waals surface area contributed by atoms with E-state index in [0.29, 0.717) is 0 Å². The Bertz CT molecular complexity index is 130. The molecule has 1 saturated carbocycles. The number of hydrogen-bond donors (Lipinski definition) is 1. The number of ether oxygens (including phenoxy) is 1. The third kappa shape index (κ3) is 1.70. The molecular weight excluding hydrogens is 130 g/mol. The highest BCUT2D eigenvalue weighted by Crippen LogP contribution is 2.21. The molecule has 1 atom stereocenters. The van der Waals surface area contributed by atoms with E-state index in [2.05, 4.69) is 0 Å². The van der Waals surface area contributed by atoms with Crippen molar-refractivity contribution < 1.29 is 9.53 Å². The Labute approximate surface area is 60.5 Å². The maximum atomic E-state index is 10.8. The van der Waals surface area contributed by atoms with Crippen molar-refractivity contribution in [2.45, 2.75) is 38.3 Å². The normalized spacial score (nSPS) is 21.4. The molecule has 0 saturated heterocycles.